The molecule has 3 saturated carbocycles. The zero-order valence-corrected chi connectivity index (χ0v) is 16.9. The number of carbonyl (C=O) groups excluding carboxylic acids is 1. The fourth-order valence-electron chi connectivity index (χ4n) is 7.61. The number of ether oxygens (including phenoxy) is 1. The van der Waals surface area contributed by atoms with Crippen molar-refractivity contribution in [3.8, 4) is 0 Å². The van der Waals surface area contributed by atoms with Gasteiger partial charge in [0.1, 0.15) is 6.10 Å². The van der Waals surface area contributed by atoms with E-state index in [-0.39, 0.29) is 35.2 Å². The molecular weight excluding hydrogens is 344 g/mol. The minimum atomic E-state index is -0.624. The van der Waals surface area contributed by atoms with Crippen LogP contribution >= 0.6 is 0 Å². The zero-order valence-electron chi connectivity index (χ0n) is 16.9. The van der Waals surface area contributed by atoms with Crippen molar-refractivity contribution < 1.29 is 24.9 Å². The highest BCUT2D eigenvalue weighted by Gasteiger charge is 2.72. The molecule has 4 aliphatic carbocycles. The van der Waals surface area contributed by atoms with Crippen LogP contribution in [0.4, 0.5) is 0 Å². The summed E-state index contributed by atoms with van der Waals surface area (Å²) in [5.41, 5.74) is -1.58. The summed E-state index contributed by atoms with van der Waals surface area (Å²) >= 11 is 0. The second kappa shape index (κ2) is 5.80. The Balaban J connectivity index is 1.85. The molecule has 9 unspecified atom stereocenters. The minimum Gasteiger partial charge on any atom is -0.462 e. The van der Waals surface area contributed by atoms with E-state index in [2.05, 4.69) is 26.0 Å². The molecule has 27 heavy (non-hydrogen) atoms. The number of fused-ring (bicyclic) bond motifs is 3. The molecular formula is C22H34O5. The fourth-order valence-corrected chi connectivity index (χ4v) is 7.61. The summed E-state index contributed by atoms with van der Waals surface area (Å²) in [7, 11) is 0. The van der Waals surface area contributed by atoms with Crippen molar-refractivity contribution >= 4 is 5.97 Å². The van der Waals surface area contributed by atoms with Crippen LogP contribution in [0.3, 0.4) is 0 Å². The van der Waals surface area contributed by atoms with E-state index in [0.29, 0.717) is 12.8 Å². The van der Waals surface area contributed by atoms with E-state index in [4.69, 9.17) is 4.74 Å². The SMILES string of the molecule is CC(=O)OC1CC2C(C)(CO)C(O)CCC2(C)C2CCC3(C)C=CC12C3O. The second-order valence-electron chi connectivity index (χ2n) is 10.4. The van der Waals surface area contributed by atoms with E-state index >= 15 is 0 Å². The van der Waals surface area contributed by atoms with Crippen LogP contribution in [0, 0.1) is 33.5 Å². The number of esters is 1. The van der Waals surface area contributed by atoms with Gasteiger partial charge in [0.25, 0.3) is 0 Å². The summed E-state index contributed by atoms with van der Waals surface area (Å²) in [6.07, 6.45) is 6.68. The Hall–Kier alpha value is -0.910. The van der Waals surface area contributed by atoms with Crippen LogP contribution in [-0.2, 0) is 9.53 Å². The first-order valence-corrected chi connectivity index (χ1v) is 10.4. The normalized spacial score (nSPS) is 56.3. The smallest absolute Gasteiger partial charge is 0.302 e. The van der Waals surface area contributed by atoms with Crippen LogP contribution < -0.4 is 0 Å². The second-order valence-corrected chi connectivity index (χ2v) is 10.4. The molecule has 0 amide bonds. The van der Waals surface area contributed by atoms with Gasteiger partial charge in [-0.3, -0.25) is 4.79 Å². The van der Waals surface area contributed by atoms with E-state index in [1.54, 1.807) is 0 Å². The Morgan fingerprint density at radius 2 is 1.81 bits per heavy atom. The summed E-state index contributed by atoms with van der Waals surface area (Å²) in [4.78, 5) is 12.0. The summed E-state index contributed by atoms with van der Waals surface area (Å²) in [5, 5.41) is 32.4. The van der Waals surface area contributed by atoms with Gasteiger partial charge in [-0.1, -0.05) is 32.9 Å². The molecule has 5 nitrogen and oxygen atoms in total. The lowest BCUT2D eigenvalue weighted by molar-refractivity contribution is -0.255. The third-order valence-corrected chi connectivity index (χ3v) is 9.19. The predicted molar refractivity (Wildman–Crippen MR) is 101 cm³/mol. The molecule has 0 radical (unpaired) electrons. The quantitative estimate of drug-likeness (QED) is 0.507. The number of hydrogen-bond acceptors (Lipinski definition) is 5. The average Bonchev–Trinajstić information content (AvgIpc) is 2.77. The molecule has 3 fully saturated rings. The maximum atomic E-state index is 12.0. The van der Waals surface area contributed by atoms with Gasteiger partial charge in [0, 0.05) is 17.8 Å². The van der Waals surface area contributed by atoms with E-state index in [1.807, 2.05) is 6.92 Å². The standard InChI is InChI=1S/C22H34O5/c1-13(24)27-17-11-15-20(3,8-6-16(25)21(15,4)12-23)14-5-7-19(2)9-10-22(14,17)18(19)26/h9-10,14-18,23,25-26H,5-8,11-12H2,1-4H3. The van der Waals surface area contributed by atoms with Gasteiger partial charge >= 0.3 is 5.97 Å². The zero-order chi connectivity index (χ0) is 19.8. The lowest BCUT2D eigenvalue weighted by Crippen LogP contribution is -2.69. The van der Waals surface area contributed by atoms with Crippen molar-refractivity contribution in [1.82, 2.24) is 0 Å². The molecule has 1 spiro atoms. The molecule has 0 aromatic rings. The molecule has 3 N–H and O–H groups in total. The Labute approximate surface area is 161 Å². The number of aliphatic hydroxyl groups is 3. The monoisotopic (exact) mass is 378 g/mol. The fraction of sp³-hybridized carbons (Fsp3) is 0.864. The molecule has 4 rings (SSSR count). The molecule has 152 valence electrons. The van der Waals surface area contributed by atoms with Gasteiger partial charge in [-0.25, -0.2) is 0 Å². The highest BCUT2D eigenvalue weighted by molar-refractivity contribution is 5.66. The maximum Gasteiger partial charge on any atom is 0.302 e. The van der Waals surface area contributed by atoms with Crippen LogP contribution in [0.2, 0.25) is 0 Å². The van der Waals surface area contributed by atoms with Crippen molar-refractivity contribution in [3.05, 3.63) is 12.2 Å². The molecule has 5 heteroatoms. The van der Waals surface area contributed by atoms with Gasteiger partial charge in [-0.15, -0.1) is 0 Å². The van der Waals surface area contributed by atoms with Gasteiger partial charge in [0.15, 0.2) is 0 Å². The lowest BCUT2D eigenvalue weighted by Gasteiger charge is -2.67. The molecule has 2 bridgehead atoms. The van der Waals surface area contributed by atoms with Gasteiger partial charge in [0.2, 0.25) is 0 Å². The molecule has 0 aliphatic heterocycles. The van der Waals surface area contributed by atoms with E-state index in [9.17, 15) is 20.1 Å². The van der Waals surface area contributed by atoms with Crippen LogP contribution in [0.25, 0.3) is 0 Å². The van der Waals surface area contributed by atoms with E-state index in [1.165, 1.54) is 6.92 Å². The van der Waals surface area contributed by atoms with Crippen molar-refractivity contribution in [3.63, 3.8) is 0 Å². The van der Waals surface area contributed by atoms with Crippen molar-refractivity contribution in [2.45, 2.75) is 78.1 Å². The topological polar surface area (TPSA) is 87.0 Å². The highest BCUT2D eigenvalue weighted by Crippen LogP contribution is 2.72. The third-order valence-electron chi connectivity index (χ3n) is 9.19. The minimum absolute atomic E-state index is 0.0317. The Bertz CT molecular complexity index is 676. The van der Waals surface area contributed by atoms with Crippen LogP contribution in [0.5, 0.6) is 0 Å². The molecule has 0 aromatic heterocycles. The van der Waals surface area contributed by atoms with Gasteiger partial charge in [-0.2, -0.15) is 0 Å². The molecule has 0 heterocycles. The van der Waals surface area contributed by atoms with E-state index in [0.717, 1.165) is 19.3 Å². The number of rotatable bonds is 2. The lowest BCUT2D eigenvalue weighted by atomic mass is 9.38. The summed E-state index contributed by atoms with van der Waals surface area (Å²) < 4.78 is 5.85. The van der Waals surface area contributed by atoms with Crippen molar-refractivity contribution in [2.24, 2.45) is 33.5 Å². The molecule has 9 atom stereocenters. The molecule has 4 aliphatic rings. The largest absolute Gasteiger partial charge is 0.462 e. The summed E-state index contributed by atoms with van der Waals surface area (Å²) in [5.74, 6) is -0.142. The number of carbonyl (C=O) groups is 1. The Morgan fingerprint density at radius 3 is 2.44 bits per heavy atom. The van der Waals surface area contributed by atoms with E-state index < -0.39 is 29.1 Å². The Morgan fingerprint density at radius 1 is 1.11 bits per heavy atom. The van der Waals surface area contributed by atoms with Crippen molar-refractivity contribution in [1.29, 1.82) is 0 Å². The van der Waals surface area contributed by atoms with Crippen LogP contribution in [0.15, 0.2) is 12.2 Å². The summed E-state index contributed by atoms with van der Waals surface area (Å²) in [6, 6.07) is 0. The molecule has 0 aromatic carbocycles. The maximum absolute atomic E-state index is 12.0. The number of aliphatic hydroxyl groups excluding tert-OH is 3. The first-order valence-electron chi connectivity index (χ1n) is 10.4. The number of hydrogen-bond donors (Lipinski definition) is 3. The van der Waals surface area contributed by atoms with Crippen molar-refractivity contribution in [2.75, 3.05) is 6.61 Å². The average molecular weight is 379 g/mol. The predicted octanol–water partition coefficient (Wildman–Crippen LogP) is 2.43. The summed E-state index contributed by atoms with van der Waals surface area (Å²) in [6.45, 7) is 7.68. The van der Waals surface area contributed by atoms with Gasteiger partial charge in [0.05, 0.1) is 24.2 Å². The first kappa shape index (κ1) is 19.4. The van der Waals surface area contributed by atoms with Crippen LogP contribution in [-0.4, -0.2) is 46.2 Å². The van der Waals surface area contributed by atoms with Crippen LogP contribution in [0.1, 0.15) is 59.8 Å². The first-order chi connectivity index (χ1) is 12.5. The van der Waals surface area contributed by atoms with Gasteiger partial charge < -0.3 is 20.1 Å². The Kier molecular flexibility index (Phi) is 4.17. The highest BCUT2D eigenvalue weighted by atomic mass is 16.5. The molecule has 0 saturated heterocycles. The van der Waals surface area contributed by atoms with Gasteiger partial charge in [-0.05, 0) is 49.4 Å². The third kappa shape index (κ3) is 2.25.